The molecule has 1 fully saturated rings. The van der Waals surface area contributed by atoms with E-state index in [1.165, 1.54) is 0 Å². The SMILES string of the molecule is COCCN1CCN(c2ccc3ccc(C(=O)NCc4cccnc4)cn23)CC1. The zero-order valence-corrected chi connectivity index (χ0v) is 16.8. The number of carbonyl (C=O) groups excluding carboxylic acids is 1. The van der Waals surface area contributed by atoms with Crippen LogP contribution in [0.15, 0.2) is 55.0 Å². The number of piperazine rings is 1. The van der Waals surface area contributed by atoms with Crippen molar-refractivity contribution in [1.29, 1.82) is 0 Å². The third kappa shape index (κ3) is 4.58. The van der Waals surface area contributed by atoms with E-state index >= 15 is 0 Å². The molecule has 0 atom stereocenters. The van der Waals surface area contributed by atoms with Gasteiger partial charge in [-0.15, -0.1) is 0 Å². The highest BCUT2D eigenvalue weighted by molar-refractivity contribution is 5.94. The number of rotatable bonds is 7. The zero-order chi connectivity index (χ0) is 20.1. The van der Waals surface area contributed by atoms with Crippen molar-refractivity contribution in [3.8, 4) is 0 Å². The van der Waals surface area contributed by atoms with Gasteiger partial charge in [0.15, 0.2) is 0 Å². The van der Waals surface area contributed by atoms with Crippen molar-refractivity contribution in [2.24, 2.45) is 0 Å². The van der Waals surface area contributed by atoms with E-state index in [0.29, 0.717) is 12.1 Å². The molecule has 0 aliphatic carbocycles. The fraction of sp³-hybridized carbons (Fsp3) is 0.364. The molecule has 1 aliphatic heterocycles. The molecule has 152 valence electrons. The second-order valence-electron chi connectivity index (χ2n) is 7.27. The molecular weight excluding hydrogens is 366 g/mol. The van der Waals surface area contributed by atoms with E-state index in [2.05, 4.69) is 36.6 Å². The lowest BCUT2D eigenvalue weighted by Crippen LogP contribution is -2.47. The monoisotopic (exact) mass is 393 g/mol. The third-order valence-electron chi connectivity index (χ3n) is 5.38. The smallest absolute Gasteiger partial charge is 0.253 e. The van der Waals surface area contributed by atoms with Gasteiger partial charge in [0.1, 0.15) is 5.82 Å². The number of amides is 1. The first-order chi connectivity index (χ1) is 14.2. The van der Waals surface area contributed by atoms with Crippen LogP contribution in [0, 0.1) is 0 Å². The molecule has 0 aromatic carbocycles. The number of nitrogens with zero attached hydrogens (tertiary/aromatic N) is 4. The summed E-state index contributed by atoms with van der Waals surface area (Å²) in [6, 6.07) is 11.9. The van der Waals surface area contributed by atoms with Gasteiger partial charge in [-0.2, -0.15) is 0 Å². The first kappa shape index (κ1) is 19.4. The van der Waals surface area contributed by atoms with Gasteiger partial charge in [-0.05, 0) is 35.9 Å². The maximum absolute atomic E-state index is 12.6. The number of aromatic nitrogens is 2. The Hall–Kier alpha value is -2.90. The van der Waals surface area contributed by atoms with Gasteiger partial charge >= 0.3 is 0 Å². The predicted molar refractivity (Wildman–Crippen MR) is 113 cm³/mol. The van der Waals surface area contributed by atoms with Crippen molar-refractivity contribution < 1.29 is 9.53 Å². The van der Waals surface area contributed by atoms with Gasteiger partial charge in [0, 0.05) is 70.5 Å². The standard InChI is InChI=1S/C22H27N5O2/c1-29-14-13-25-9-11-26(12-10-25)21-7-6-20-5-4-19(17-27(20)21)22(28)24-16-18-3-2-8-23-15-18/h2-8,15,17H,9-14,16H2,1H3,(H,24,28). The lowest BCUT2D eigenvalue weighted by atomic mass is 10.2. The van der Waals surface area contributed by atoms with E-state index in [4.69, 9.17) is 4.74 Å². The van der Waals surface area contributed by atoms with Gasteiger partial charge < -0.3 is 19.4 Å². The van der Waals surface area contributed by atoms with Crippen LogP contribution >= 0.6 is 0 Å². The molecule has 1 aliphatic rings. The van der Waals surface area contributed by atoms with Crippen LogP contribution in [0.3, 0.4) is 0 Å². The summed E-state index contributed by atoms with van der Waals surface area (Å²) in [4.78, 5) is 21.5. The number of methoxy groups -OCH3 is 1. The molecule has 4 rings (SSSR count). The summed E-state index contributed by atoms with van der Waals surface area (Å²) in [6.07, 6.45) is 5.42. The van der Waals surface area contributed by atoms with Crippen LogP contribution in [0.5, 0.6) is 0 Å². The molecule has 7 heteroatoms. The van der Waals surface area contributed by atoms with Gasteiger partial charge in [-0.3, -0.25) is 14.7 Å². The highest BCUT2D eigenvalue weighted by atomic mass is 16.5. The number of hydrogen-bond acceptors (Lipinski definition) is 5. The molecule has 0 saturated carbocycles. The average molecular weight is 393 g/mol. The number of hydrogen-bond donors (Lipinski definition) is 1. The number of pyridine rings is 2. The van der Waals surface area contributed by atoms with Crippen molar-refractivity contribution in [2.45, 2.75) is 6.54 Å². The molecule has 1 amide bonds. The molecule has 1 saturated heterocycles. The number of fused-ring (bicyclic) bond motifs is 1. The van der Waals surface area contributed by atoms with Crippen LogP contribution in [0.2, 0.25) is 0 Å². The van der Waals surface area contributed by atoms with E-state index in [-0.39, 0.29) is 5.91 Å². The van der Waals surface area contributed by atoms with Gasteiger partial charge in [-0.25, -0.2) is 0 Å². The Labute approximate surface area is 170 Å². The normalized spacial score (nSPS) is 15.0. The number of carbonyl (C=O) groups is 1. The molecular formula is C22H27N5O2. The Balaban J connectivity index is 1.44. The van der Waals surface area contributed by atoms with Crippen LogP contribution in [-0.2, 0) is 11.3 Å². The van der Waals surface area contributed by atoms with Gasteiger partial charge in [-0.1, -0.05) is 6.07 Å². The first-order valence-electron chi connectivity index (χ1n) is 9.99. The highest BCUT2D eigenvalue weighted by Crippen LogP contribution is 2.22. The van der Waals surface area contributed by atoms with E-state index in [9.17, 15) is 4.79 Å². The molecule has 0 radical (unpaired) electrons. The quantitative estimate of drug-likeness (QED) is 0.666. The maximum atomic E-state index is 12.6. The second kappa shape index (κ2) is 9.07. The van der Waals surface area contributed by atoms with E-state index in [1.807, 2.05) is 30.5 Å². The van der Waals surface area contributed by atoms with Crippen molar-refractivity contribution in [3.05, 3.63) is 66.1 Å². The summed E-state index contributed by atoms with van der Waals surface area (Å²) in [7, 11) is 1.74. The fourth-order valence-electron chi connectivity index (χ4n) is 3.69. The van der Waals surface area contributed by atoms with Crippen molar-refractivity contribution >= 4 is 17.2 Å². The summed E-state index contributed by atoms with van der Waals surface area (Å²) >= 11 is 0. The molecule has 0 bridgehead atoms. The number of ether oxygens (including phenoxy) is 1. The van der Waals surface area contributed by atoms with Gasteiger partial charge in [0.2, 0.25) is 0 Å². The molecule has 7 nitrogen and oxygen atoms in total. The summed E-state index contributed by atoms with van der Waals surface area (Å²) in [5, 5.41) is 2.97. The average Bonchev–Trinajstić information content (AvgIpc) is 3.20. The Bertz CT molecular complexity index is 948. The van der Waals surface area contributed by atoms with Gasteiger partial charge in [0.05, 0.1) is 12.2 Å². The summed E-state index contributed by atoms with van der Waals surface area (Å²) in [5.74, 6) is 1.05. The summed E-state index contributed by atoms with van der Waals surface area (Å²) < 4.78 is 7.30. The minimum Gasteiger partial charge on any atom is -0.383 e. The molecule has 3 aromatic rings. The van der Waals surface area contributed by atoms with E-state index in [1.54, 1.807) is 19.5 Å². The van der Waals surface area contributed by atoms with Crippen LogP contribution in [0.25, 0.3) is 5.52 Å². The largest absolute Gasteiger partial charge is 0.383 e. The van der Waals surface area contributed by atoms with Crippen molar-refractivity contribution in [3.63, 3.8) is 0 Å². The Morgan fingerprint density at radius 2 is 1.97 bits per heavy atom. The molecule has 29 heavy (non-hydrogen) atoms. The minimum absolute atomic E-state index is 0.0835. The predicted octanol–water partition coefficient (Wildman–Crippen LogP) is 2.03. The lowest BCUT2D eigenvalue weighted by Gasteiger charge is -2.35. The number of anilines is 1. The fourth-order valence-corrected chi connectivity index (χ4v) is 3.69. The molecule has 0 unspecified atom stereocenters. The second-order valence-corrected chi connectivity index (χ2v) is 7.27. The van der Waals surface area contributed by atoms with Crippen LogP contribution < -0.4 is 10.2 Å². The summed E-state index contributed by atoms with van der Waals surface area (Å²) in [6.45, 7) is 6.17. The molecule has 1 N–H and O–H groups in total. The lowest BCUT2D eigenvalue weighted by molar-refractivity contribution is 0.0950. The van der Waals surface area contributed by atoms with E-state index < -0.39 is 0 Å². The van der Waals surface area contributed by atoms with Gasteiger partial charge in [0.25, 0.3) is 5.91 Å². The first-order valence-corrected chi connectivity index (χ1v) is 9.99. The Morgan fingerprint density at radius 3 is 2.72 bits per heavy atom. The minimum atomic E-state index is -0.0835. The zero-order valence-electron chi connectivity index (χ0n) is 16.8. The topological polar surface area (TPSA) is 62.1 Å². The van der Waals surface area contributed by atoms with Crippen molar-refractivity contribution in [1.82, 2.24) is 19.6 Å². The molecule has 0 spiro atoms. The summed E-state index contributed by atoms with van der Waals surface area (Å²) in [5.41, 5.74) is 2.72. The number of nitrogens with one attached hydrogen (secondary N) is 1. The van der Waals surface area contributed by atoms with Crippen LogP contribution in [0.4, 0.5) is 5.82 Å². The van der Waals surface area contributed by atoms with Crippen LogP contribution in [-0.4, -0.2) is 66.6 Å². The highest BCUT2D eigenvalue weighted by Gasteiger charge is 2.19. The third-order valence-corrected chi connectivity index (χ3v) is 5.38. The maximum Gasteiger partial charge on any atom is 0.253 e. The molecule has 3 aromatic heterocycles. The Morgan fingerprint density at radius 1 is 1.14 bits per heavy atom. The van der Waals surface area contributed by atoms with Crippen LogP contribution in [0.1, 0.15) is 15.9 Å². The molecule has 4 heterocycles. The van der Waals surface area contributed by atoms with E-state index in [0.717, 1.165) is 56.2 Å². The van der Waals surface area contributed by atoms with Crippen molar-refractivity contribution in [2.75, 3.05) is 51.3 Å². The Kier molecular flexibility index (Phi) is 6.07.